The van der Waals surface area contributed by atoms with Gasteiger partial charge in [0, 0.05) is 17.9 Å². The lowest BCUT2D eigenvalue weighted by molar-refractivity contribution is -0.143. The van der Waals surface area contributed by atoms with Gasteiger partial charge in [-0.05, 0) is 73.8 Å². The van der Waals surface area contributed by atoms with E-state index < -0.39 is 35.5 Å². The second-order valence-electron chi connectivity index (χ2n) is 15.4. The maximum Gasteiger partial charge on any atom is 0.408 e. The van der Waals surface area contributed by atoms with Crippen LogP contribution in [0, 0.1) is 40.8 Å². The highest BCUT2D eigenvalue weighted by molar-refractivity contribution is 5.94. The Bertz CT molecular complexity index is 1490. The number of aromatic nitrogens is 2. The monoisotopic (exact) mass is 636 g/mol. The Balaban J connectivity index is 1.39. The minimum absolute atomic E-state index is 0.0488. The van der Waals surface area contributed by atoms with Crippen molar-refractivity contribution in [1.82, 2.24) is 20.2 Å². The normalized spacial score (nSPS) is 32.0. The van der Waals surface area contributed by atoms with Crippen molar-refractivity contribution in [2.45, 2.75) is 117 Å². The van der Waals surface area contributed by atoms with Crippen molar-refractivity contribution >= 4 is 28.8 Å². The molecule has 1 aromatic carbocycles. The molecule has 2 saturated carbocycles. The van der Waals surface area contributed by atoms with Gasteiger partial charge in [0.05, 0.1) is 23.6 Å². The number of ketones is 1. The Hall–Kier alpha value is -3.30. The van der Waals surface area contributed by atoms with Crippen molar-refractivity contribution in [3.05, 3.63) is 29.7 Å². The predicted molar refractivity (Wildman–Crippen MR) is 172 cm³/mol. The second-order valence-corrected chi connectivity index (χ2v) is 15.4. The molecule has 2 aliphatic heterocycles. The third kappa shape index (κ3) is 6.45. The van der Waals surface area contributed by atoms with E-state index in [0.717, 1.165) is 32.1 Å². The van der Waals surface area contributed by atoms with Crippen molar-refractivity contribution in [1.29, 1.82) is 0 Å². The number of fused-ring (bicyclic) bond motifs is 7. The Morgan fingerprint density at radius 1 is 1.04 bits per heavy atom. The molecule has 8 atom stereocenters. The van der Waals surface area contributed by atoms with Crippen LogP contribution in [0.15, 0.2) is 18.2 Å². The smallest absolute Gasteiger partial charge is 0.408 e. The third-order valence-electron chi connectivity index (χ3n) is 10.8. The molecule has 0 spiro atoms. The van der Waals surface area contributed by atoms with E-state index in [1.165, 1.54) is 18.6 Å². The molecule has 1 aromatic heterocycles. The molecular weight excluding hydrogens is 587 g/mol. The fraction of sp³-hybridized carbons (Fsp3) is 0.694. The lowest BCUT2D eigenvalue weighted by atomic mass is 9.84. The standard InChI is InChI=1S/C36H49FN4O5/c1-7-22-29-18-41(30(22)31(42)19(2)3)34(43)32(36(4,5)6)40-35(44)46-28-16-20-15-24(20)23(28)11-9-8-10-12-26-33(45-29)39-27-17-21(37)13-14-25(27)38-26/h13-14,17,19-20,22-24,28-30,32H,7-12,15-16,18H2,1-6H3,(H,40,44). The number of rotatable bonds is 3. The highest BCUT2D eigenvalue weighted by atomic mass is 19.1. The van der Waals surface area contributed by atoms with E-state index in [2.05, 4.69) is 5.32 Å². The number of nitrogens with one attached hydrogen (secondary N) is 1. The molecule has 2 amide bonds. The number of hydrogen-bond donors (Lipinski definition) is 1. The minimum Gasteiger partial charge on any atom is -0.471 e. The summed E-state index contributed by atoms with van der Waals surface area (Å²) in [4.78, 5) is 53.0. The van der Waals surface area contributed by atoms with Crippen LogP contribution in [0.2, 0.25) is 0 Å². The average molecular weight is 637 g/mol. The molecule has 1 saturated heterocycles. The summed E-state index contributed by atoms with van der Waals surface area (Å²) in [5.74, 6) is 0.469. The molecule has 9 nitrogen and oxygen atoms in total. The van der Waals surface area contributed by atoms with Crippen molar-refractivity contribution in [2.75, 3.05) is 6.54 Å². The summed E-state index contributed by atoms with van der Waals surface area (Å²) < 4.78 is 27.0. The van der Waals surface area contributed by atoms with Crippen LogP contribution >= 0.6 is 0 Å². The quantitative estimate of drug-likeness (QED) is 0.423. The van der Waals surface area contributed by atoms with Crippen molar-refractivity contribution < 1.29 is 28.2 Å². The summed E-state index contributed by atoms with van der Waals surface area (Å²) in [5.41, 5.74) is 1.05. The molecule has 4 aliphatic rings. The maximum atomic E-state index is 14.5. The number of halogens is 1. The molecule has 0 radical (unpaired) electrons. The Morgan fingerprint density at radius 3 is 2.54 bits per heavy atom. The van der Waals surface area contributed by atoms with Gasteiger partial charge < -0.3 is 19.7 Å². The van der Waals surface area contributed by atoms with Crippen LogP contribution in [0.4, 0.5) is 9.18 Å². The lowest BCUT2D eigenvalue weighted by Crippen LogP contribution is -2.58. The zero-order chi connectivity index (χ0) is 32.9. The van der Waals surface area contributed by atoms with E-state index in [4.69, 9.17) is 19.4 Å². The van der Waals surface area contributed by atoms with E-state index in [1.807, 2.05) is 41.5 Å². The summed E-state index contributed by atoms with van der Waals surface area (Å²) in [5, 5.41) is 2.94. The number of hydrogen-bond acceptors (Lipinski definition) is 7. The number of nitrogens with zero attached hydrogens (tertiary/aromatic N) is 3. The van der Waals surface area contributed by atoms with E-state index >= 15 is 0 Å². The highest BCUT2D eigenvalue weighted by Crippen LogP contribution is 2.57. The molecule has 1 N–H and O–H groups in total. The molecule has 2 bridgehead atoms. The van der Waals surface area contributed by atoms with Gasteiger partial charge >= 0.3 is 6.09 Å². The summed E-state index contributed by atoms with van der Waals surface area (Å²) in [6, 6.07) is 2.74. The van der Waals surface area contributed by atoms with Gasteiger partial charge in [0.15, 0.2) is 5.78 Å². The molecule has 3 heterocycles. The fourth-order valence-electron chi connectivity index (χ4n) is 8.17. The highest BCUT2D eigenvalue weighted by Gasteiger charge is 2.55. The third-order valence-corrected chi connectivity index (χ3v) is 10.8. The molecule has 6 rings (SSSR count). The van der Waals surface area contributed by atoms with Gasteiger partial charge in [0.2, 0.25) is 11.8 Å². The number of ether oxygens (including phenoxy) is 2. The molecule has 10 heteroatoms. The Morgan fingerprint density at radius 2 is 1.83 bits per heavy atom. The first-order valence-electron chi connectivity index (χ1n) is 17.3. The van der Waals surface area contributed by atoms with Crippen LogP contribution in [0.5, 0.6) is 5.88 Å². The largest absolute Gasteiger partial charge is 0.471 e. The van der Waals surface area contributed by atoms with Crippen LogP contribution in [0.1, 0.15) is 92.2 Å². The SMILES string of the molecule is CCC1C2CN(C(=O)C(C(C)(C)C)NC(=O)OC3CC4CC4C3CCCCCc3nc4ccc(F)cc4nc3O2)C1C(=O)C(C)C. The molecule has 2 aliphatic carbocycles. The second kappa shape index (κ2) is 12.7. The number of amides is 2. The number of carbonyl (C=O) groups is 3. The van der Waals surface area contributed by atoms with Crippen LogP contribution < -0.4 is 10.1 Å². The maximum absolute atomic E-state index is 14.5. The van der Waals surface area contributed by atoms with Crippen LogP contribution in [-0.4, -0.2) is 63.5 Å². The number of alkyl carbamates (subject to hydrolysis) is 1. The minimum atomic E-state index is -0.911. The average Bonchev–Trinajstić information content (AvgIpc) is 3.53. The predicted octanol–water partition coefficient (Wildman–Crippen LogP) is 6.26. The molecule has 250 valence electrons. The topological polar surface area (TPSA) is 111 Å². The Labute approximate surface area is 271 Å². The van der Waals surface area contributed by atoms with Gasteiger partial charge in [-0.25, -0.2) is 19.2 Å². The van der Waals surface area contributed by atoms with Crippen molar-refractivity contribution in [2.24, 2.45) is 35.0 Å². The zero-order valence-electron chi connectivity index (χ0n) is 28.1. The van der Waals surface area contributed by atoms with Gasteiger partial charge in [-0.15, -0.1) is 0 Å². The first-order valence-corrected chi connectivity index (χ1v) is 17.3. The van der Waals surface area contributed by atoms with Gasteiger partial charge in [-0.3, -0.25) is 9.59 Å². The van der Waals surface area contributed by atoms with Crippen LogP contribution in [0.3, 0.4) is 0 Å². The van der Waals surface area contributed by atoms with Crippen LogP contribution in [0.25, 0.3) is 11.0 Å². The van der Waals surface area contributed by atoms with Crippen molar-refractivity contribution in [3.8, 4) is 5.88 Å². The molecule has 2 aromatic rings. The summed E-state index contributed by atoms with van der Waals surface area (Å²) in [6.07, 6.45) is 5.89. The van der Waals surface area contributed by atoms with E-state index in [1.54, 1.807) is 11.0 Å². The molecular formula is C36H49FN4O5. The van der Waals surface area contributed by atoms with E-state index in [9.17, 15) is 18.8 Å². The molecule has 3 fully saturated rings. The number of aryl methyl sites for hydroxylation is 1. The van der Waals surface area contributed by atoms with Gasteiger partial charge in [-0.1, -0.05) is 54.4 Å². The summed E-state index contributed by atoms with van der Waals surface area (Å²) in [7, 11) is 0. The number of benzene rings is 1. The van der Waals surface area contributed by atoms with Crippen molar-refractivity contribution in [3.63, 3.8) is 0 Å². The van der Waals surface area contributed by atoms with Gasteiger partial charge in [-0.2, -0.15) is 0 Å². The zero-order valence-corrected chi connectivity index (χ0v) is 28.1. The number of Topliss-reactive ketones (excluding diaryl/α,β-unsaturated/α-hetero) is 1. The fourth-order valence-corrected chi connectivity index (χ4v) is 8.17. The van der Waals surface area contributed by atoms with E-state index in [-0.39, 0.29) is 36.2 Å². The Kier molecular flexibility index (Phi) is 9.02. The first kappa shape index (κ1) is 32.6. The van der Waals surface area contributed by atoms with E-state index in [0.29, 0.717) is 53.2 Å². The molecule has 8 unspecified atom stereocenters. The first-order chi connectivity index (χ1) is 21.8. The number of carbonyl (C=O) groups excluding carboxylic acids is 3. The summed E-state index contributed by atoms with van der Waals surface area (Å²) in [6.45, 7) is 11.6. The van der Waals surface area contributed by atoms with Gasteiger partial charge in [0.25, 0.3) is 0 Å². The van der Waals surface area contributed by atoms with Gasteiger partial charge in [0.1, 0.15) is 29.8 Å². The summed E-state index contributed by atoms with van der Waals surface area (Å²) >= 11 is 0. The lowest BCUT2D eigenvalue weighted by Gasteiger charge is -2.36. The van der Waals surface area contributed by atoms with Crippen LogP contribution in [-0.2, 0) is 20.7 Å². The molecule has 46 heavy (non-hydrogen) atoms.